The summed E-state index contributed by atoms with van der Waals surface area (Å²) in [5.41, 5.74) is 6.85. The average molecular weight is 386 g/mol. The molecular weight excluding hydrogens is 360 g/mol. The lowest BCUT2D eigenvalue weighted by molar-refractivity contribution is 0.405. The summed E-state index contributed by atoms with van der Waals surface area (Å²) >= 11 is 0. The lowest BCUT2D eigenvalue weighted by Gasteiger charge is -2.10. The number of rotatable bonds is 4. The number of aryl methyl sites for hydroxylation is 1. The smallest absolute Gasteiger partial charge is 0.157 e. The molecular formula is C24H26N4O. The molecule has 0 saturated heterocycles. The lowest BCUT2D eigenvalue weighted by Crippen LogP contribution is -2.03. The summed E-state index contributed by atoms with van der Waals surface area (Å²) in [5, 5.41) is 4.87. The molecule has 0 aliphatic heterocycles. The summed E-state index contributed by atoms with van der Waals surface area (Å²) in [4.78, 5) is 9.29. The molecule has 3 aromatic heterocycles. The summed E-state index contributed by atoms with van der Waals surface area (Å²) in [5.74, 6) is 1.31. The molecule has 1 aliphatic carbocycles. The predicted molar refractivity (Wildman–Crippen MR) is 116 cm³/mol. The second-order valence-electron chi connectivity index (χ2n) is 7.03. The molecule has 148 valence electrons. The molecule has 5 nitrogen and oxygen atoms in total. The average Bonchev–Trinajstić information content (AvgIpc) is 3.53. The first-order valence-corrected chi connectivity index (χ1v) is 10.2. The third-order valence-corrected chi connectivity index (χ3v) is 4.99. The van der Waals surface area contributed by atoms with Gasteiger partial charge in [0.25, 0.3) is 0 Å². The minimum Gasteiger partial charge on any atom is -0.495 e. The highest BCUT2D eigenvalue weighted by atomic mass is 16.5. The van der Waals surface area contributed by atoms with E-state index < -0.39 is 0 Å². The third-order valence-electron chi connectivity index (χ3n) is 4.99. The van der Waals surface area contributed by atoms with Gasteiger partial charge in [-0.25, -0.2) is 9.50 Å². The van der Waals surface area contributed by atoms with Crippen molar-refractivity contribution in [1.82, 2.24) is 19.6 Å². The molecule has 0 N–H and O–H groups in total. The van der Waals surface area contributed by atoms with E-state index in [2.05, 4.69) is 41.4 Å². The van der Waals surface area contributed by atoms with Crippen LogP contribution in [0.3, 0.4) is 0 Å². The van der Waals surface area contributed by atoms with Crippen molar-refractivity contribution in [2.45, 2.75) is 39.5 Å². The summed E-state index contributed by atoms with van der Waals surface area (Å²) < 4.78 is 7.43. The second kappa shape index (κ2) is 8.03. The van der Waals surface area contributed by atoms with Crippen LogP contribution in [-0.4, -0.2) is 26.7 Å². The van der Waals surface area contributed by atoms with E-state index >= 15 is 0 Å². The number of fused-ring (bicyclic) bond motifs is 1. The topological polar surface area (TPSA) is 52.3 Å². The van der Waals surface area contributed by atoms with Crippen LogP contribution in [-0.2, 0) is 0 Å². The van der Waals surface area contributed by atoms with Crippen LogP contribution in [0.5, 0.6) is 5.75 Å². The van der Waals surface area contributed by atoms with E-state index in [1.807, 2.05) is 43.6 Å². The van der Waals surface area contributed by atoms with E-state index in [1.54, 1.807) is 7.11 Å². The van der Waals surface area contributed by atoms with Crippen molar-refractivity contribution in [1.29, 1.82) is 0 Å². The molecule has 1 aliphatic rings. The molecule has 0 bridgehead atoms. The molecule has 0 radical (unpaired) electrons. The molecule has 1 aromatic carbocycles. The Morgan fingerprint density at radius 3 is 2.45 bits per heavy atom. The largest absolute Gasteiger partial charge is 0.495 e. The van der Waals surface area contributed by atoms with Gasteiger partial charge in [-0.2, -0.15) is 5.10 Å². The molecule has 1 saturated carbocycles. The van der Waals surface area contributed by atoms with Crippen LogP contribution in [0, 0.1) is 6.92 Å². The van der Waals surface area contributed by atoms with Gasteiger partial charge >= 0.3 is 0 Å². The Morgan fingerprint density at radius 1 is 1.00 bits per heavy atom. The Hall–Kier alpha value is -3.21. The Bertz CT molecular complexity index is 1130. The van der Waals surface area contributed by atoms with Gasteiger partial charge in [0.1, 0.15) is 17.1 Å². The van der Waals surface area contributed by atoms with Gasteiger partial charge in [0.15, 0.2) is 5.65 Å². The van der Waals surface area contributed by atoms with Crippen LogP contribution in [0.15, 0.2) is 54.7 Å². The van der Waals surface area contributed by atoms with Gasteiger partial charge in [-0.3, -0.25) is 4.98 Å². The molecule has 0 unspecified atom stereocenters. The number of methoxy groups -OCH3 is 1. The predicted octanol–water partition coefficient (Wildman–Crippen LogP) is 5.68. The molecule has 5 rings (SSSR count). The van der Waals surface area contributed by atoms with Crippen molar-refractivity contribution in [2.24, 2.45) is 0 Å². The van der Waals surface area contributed by atoms with E-state index in [1.165, 1.54) is 18.4 Å². The van der Waals surface area contributed by atoms with E-state index in [4.69, 9.17) is 14.8 Å². The van der Waals surface area contributed by atoms with E-state index in [0.717, 1.165) is 39.7 Å². The first kappa shape index (κ1) is 19.1. The first-order chi connectivity index (χ1) is 14.2. The molecule has 3 heterocycles. The van der Waals surface area contributed by atoms with Crippen LogP contribution in [0.2, 0.25) is 0 Å². The SMILES string of the molecule is CC.COc1cc2ncc(-c3cc(-c4ccccc4)cc(C)n3)n2nc1C1CC1. The summed E-state index contributed by atoms with van der Waals surface area (Å²) in [6.45, 7) is 6.02. The first-order valence-electron chi connectivity index (χ1n) is 10.2. The zero-order valence-electron chi connectivity index (χ0n) is 17.4. The number of ether oxygens (including phenoxy) is 1. The molecule has 0 atom stereocenters. The quantitative estimate of drug-likeness (QED) is 0.453. The van der Waals surface area contributed by atoms with Crippen LogP contribution in [0.1, 0.15) is 44.0 Å². The Balaban J connectivity index is 0.000000994. The Kier molecular flexibility index (Phi) is 5.30. The third kappa shape index (κ3) is 3.73. The van der Waals surface area contributed by atoms with E-state index in [-0.39, 0.29) is 0 Å². The number of aromatic nitrogens is 4. The van der Waals surface area contributed by atoms with Gasteiger partial charge in [0, 0.05) is 17.7 Å². The number of hydrogen-bond acceptors (Lipinski definition) is 4. The zero-order chi connectivity index (χ0) is 20.4. The maximum Gasteiger partial charge on any atom is 0.157 e. The van der Waals surface area contributed by atoms with Crippen LogP contribution in [0.4, 0.5) is 0 Å². The van der Waals surface area contributed by atoms with Crippen molar-refractivity contribution in [3.05, 3.63) is 66.1 Å². The van der Waals surface area contributed by atoms with Gasteiger partial charge < -0.3 is 4.74 Å². The van der Waals surface area contributed by atoms with Crippen molar-refractivity contribution in [3.63, 3.8) is 0 Å². The van der Waals surface area contributed by atoms with Crippen molar-refractivity contribution >= 4 is 5.65 Å². The number of nitrogens with zero attached hydrogens (tertiary/aromatic N) is 4. The van der Waals surface area contributed by atoms with Gasteiger partial charge in [-0.15, -0.1) is 0 Å². The number of pyridine rings is 1. The fourth-order valence-corrected chi connectivity index (χ4v) is 3.49. The van der Waals surface area contributed by atoms with Crippen molar-refractivity contribution in [2.75, 3.05) is 7.11 Å². The normalized spacial score (nSPS) is 13.1. The minimum atomic E-state index is 0.491. The zero-order valence-corrected chi connectivity index (χ0v) is 17.4. The van der Waals surface area contributed by atoms with E-state index in [0.29, 0.717) is 5.92 Å². The molecule has 5 heteroatoms. The molecule has 29 heavy (non-hydrogen) atoms. The maximum absolute atomic E-state index is 5.53. The summed E-state index contributed by atoms with van der Waals surface area (Å²) in [6.07, 6.45) is 4.18. The van der Waals surface area contributed by atoms with Crippen LogP contribution < -0.4 is 4.74 Å². The highest BCUT2D eigenvalue weighted by molar-refractivity contribution is 5.70. The van der Waals surface area contributed by atoms with Gasteiger partial charge in [0.05, 0.1) is 19.0 Å². The highest BCUT2D eigenvalue weighted by Gasteiger charge is 2.29. The summed E-state index contributed by atoms with van der Waals surface area (Å²) in [7, 11) is 1.69. The van der Waals surface area contributed by atoms with Crippen LogP contribution >= 0.6 is 0 Å². The van der Waals surface area contributed by atoms with Gasteiger partial charge in [0.2, 0.25) is 0 Å². The second-order valence-corrected chi connectivity index (χ2v) is 7.03. The van der Waals surface area contributed by atoms with Crippen molar-refractivity contribution < 1.29 is 4.74 Å². The van der Waals surface area contributed by atoms with Crippen LogP contribution in [0.25, 0.3) is 28.2 Å². The van der Waals surface area contributed by atoms with Crippen molar-refractivity contribution in [3.8, 4) is 28.3 Å². The van der Waals surface area contributed by atoms with Gasteiger partial charge in [-0.1, -0.05) is 44.2 Å². The Morgan fingerprint density at radius 2 is 1.76 bits per heavy atom. The Labute approximate surface area is 171 Å². The molecule has 0 spiro atoms. The number of hydrogen-bond donors (Lipinski definition) is 0. The lowest BCUT2D eigenvalue weighted by atomic mass is 10.0. The highest BCUT2D eigenvalue weighted by Crippen LogP contribution is 2.43. The van der Waals surface area contributed by atoms with E-state index in [9.17, 15) is 0 Å². The fraction of sp³-hybridized carbons (Fsp3) is 0.292. The fourth-order valence-electron chi connectivity index (χ4n) is 3.49. The summed E-state index contributed by atoms with van der Waals surface area (Å²) in [6, 6.07) is 16.5. The maximum atomic E-state index is 5.53. The molecule has 4 aromatic rings. The molecule has 1 fully saturated rings. The minimum absolute atomic E-state index is 0.491. The number of imidazole rings is 1. The molecule has 0 amide bonds. The van der Waals surface area contributed by atoms with Gasteiger partial charge in [-0.05, 0) is 43.0 Å². The number of benzene rings is 1. The standard InChI is InChI=1S/C22H20N4O.C2H6/c1-14-10-17(15-6-4-3-5-7-15)11-18(24-14)19-13-23-21-12-20(27-2)22(16-8-9-16)25-26(19)21;1-2/h3-7,10-13,16H,8-9H2,1-2H3;1-2H3. The monoisotopic (exact) mass is 386 g/mol.